The number of halogens is 2. The molecule has 0 bridgehead atoms. The van der Waals surface area contributed by atoms with Crippen LogP contribution in [0.25, 0.3) is 11.3 Å². The van der Waals surface area contributed by atoms with E-state index in [2.05, 4.69) is 22.2 Å². The lowest BCUT2D eigenvalue weighted by molar-refractivity contribution is 0.509. The van der Waals surface area contributed by atoms with Crippen LogP contribution in [-0.4, -0.2) is 16.5 Å². The summed E-state index contributed by atoms with van der Waals surface area (Å²) >= 11 is 0. The average molecular weight is 251 g/mol. The maximum absolute atomic E-state index is 13.1. The van der Waals surface area contributed by atoms with Crippen LogP contribution in [0.1, 0.15) is 19.2 Å². The van der Waals surface area contributed by atoms with Crippen molar-refractivity contribution in [1.29, 1.82) is 0 Å². The second-order valence-corrected chi connectivity index (χ2v) is 4.05. The van der Waals surface area contributed by atoms with Crippen molar-refractivity contribution in [2.75, 3.05) is 6.54 Å². The van der Waals surface area contributed by atoms with Gasteiger partial charge in [-0.25, -0.2) is 13.8 Å². The minimum Gasteiger partial charge on any atom is -0.341 e. The van der Waals surface area contributed by atoms with Gasteiger partial charge in [0.2, 0.25) is 0 Å². The summed E-state index contributed by atoms with van der Waals surface area (Å²) in [6.07, 6.45) is 2.67. The second kappa shape index (κ2) is 5.73. The predicted octanol–water partition coefficient (Wildman–Crippen LogP) is 2.85. The van der Waals surface area contributed by atoms with Gasteiger partial charge in [0.05, 0.1) is 18.4 Å². The van der Waals surface area contributed by atoms with Crippen LogP contribution in [0.3, 0.4) is 0 Å². The lowest BCUT2D eigenvalue weighted by Crippen LogP contribution is -2.14. The molecule has 0 fully saturated rings. The zero-order chi connectivity index (χ0) is 13.0. The van der Waals surface area contributed by atoms with Gasteiger partial charge in [-0.3, -0.25) is 0 Å². The van der Waals surface area contributed by atoms with Gasteiger partial charge in [-0.15, -0.1) is 0 Å². The number of hydrogen-bond acceptors (Lipinski definition) is 2. The van der Waals surface area contributed by atoms with E-state index in [9.17, 15) is 8.78 Å². The van der Waals surface area contributed by atoms with E-state index in [1.165, 1.54) is 6.07 Å². The highest BCUT2D eigenvalue weighted by molar-refractivity contribution is 5.58. The molecule has 2 N–H and O–H groups in total. The van der Waals surface area contributed by atoms with Gasteiger partial charge in [-0.1, -0.05) is 6.92 Å². The van der Waals surface area contributed by atoms with Crippen molar-refractivity contribution in [1.82, 2.24) is 15.3 Å². The van der Waals surface area contributed by atoms with Crippen molar-refractivity contribution in [2.45, 2.75) is 19.9 Å². The molecule has 3 nitrogen and oxygen atoms in total. The van der Waals surface area contributed by atoms with Crippen LogP contribution in [-0.2, 0) is 6.54 Å². The fraction of sp³-hybridized carbons (Fsp3) is 0.308. The van der Waals surface area contributed by atoms with Crippen LogP contribution in [0, 0.1) is 11.6 Å². The van der Waals surface area contributed by atoms with Crippen LogP contribution < -0.4 is 5.32 Å². The summed E-state index contributed by atoms with van der Waals surface area (Å²) in [5.41, 5.74) is 1.27. The van der Waals surface area contributed by atoms with E-state index in [0.717, 1.165) is 30.9 Å². The number of aromatic nitrogens is 2. The SMILES string of the molecule is CCCNCc1ncc(-c2ccc(F)c(F)c2)[nH]1. The van der Waals surface area contributed by atoms with E-state index >= 15 is 0 Å². The third-order valence-electron chi connectivity index (χ3n) is 2.58. The Kier molecular flexibility index (Phi) is 4.04. The van der Waals surface area contributed by atoms with Crippen molar-refractivity contribution >= 4 is 0 Å². The highest BCUT2D eigenvalue weighted by Gasteiger charge is 2.07. The molecule has 1 aromatic carbocycles. The highest BCUT2D eigenvalue weighted by Crippen LogP contribution is 2.19. The quantitative estimate of drug-likeness (QED) is 0.802. The first-order chi connectivity index (χ1) is 8.70. The summed E-state index contributed by atoms with van der Waals surface area (Å²) in [7, 11) is 0. The molecule has 0 saturated carbocycles. The summed E-state index contributed by atoms with van der Waals surface area (Å²) in [4.78, 5) is 7.25. The maximum atomic E-state index is 13.1. The maximum Gasteiger partial charge on any atom is 0.159 e. The molecule has 0 saturated heterocycles. The molecule has 5 heteroatoms. The predicted molar refractivity (Wildman–Crippen MR) is 65.9 cm³/mol. The standard InChI is InChI=1S/C13H15F2N3/c1-2-5-16-8-13-17-7-12(18-13)9-3-4-10(14)11(15)6-9/h3-4,6-7,16H,2,5,8H2,1H3,(H,17,18). The molecule has 1 heterocycles. The summed E-state index contributed by atoms with van der Waals surface area (Å²) in [6, 6.07) is 3.79. The lowest BCUT2D eigenvalue weighted by Gasteiger charge is -2.00. The normalized spacial score (nSPS) is 10.8. The van der Waals surface area contributed by atoms with Gasteiger partial charge < -0.3 is 10.3 Å². The summed E-state index contributed by atoms with van der Waals surface area (Å²) in [6.45, 7) is 3.64. The van der Waals surface area contributed by atoms with E-state index in [1.807, 2.05) is 0 Å². The molecule has 0 aliphatic rings. The Morgan fingerprint density at radius 2 is 2.11 bits per heavy atom. The van der Waals surface area contributed by atoms with Gasteiger partial charge in [0.25, 0.3) is 0 Å². The number of H-pyrrole nitrogens is 1. The molecule has 0 unspecified atom stereocenters. The zero-order valence-electron chi connectivity index (χ0n) is 10.1. The summed E-state index contributed by atoms with van der Waals surface area (Å²) in [5, 5.41) is 3.21. The van der Waals surface area contributed by atoms with E-state index in [0.29, 0.717) is 17.8 Å². The van der Waals surface area contributed by atoms with Gasteiger partial charge in [0, 0.05) is 5.56 Å². The molecule has 2 rings (SSSR count). The number of nitrogens with zero attached hydrogens (tertiary/aromatic N) is 1. The smallest absolute Gasteiger partial charge is 0.159 e. The largest absolute Gasteiger partial charge is 0.341 e. The Morgan fingerprint density at radius 1 is 1.28 bits per heavy atom. The second-order valence-electron chi connectivity index (χ2n) is 4.05. The van der Waals surface area contributed by atoms with E-state index in [4.69, 9.17) is 0 Å². The summed E-state index contributed by atoms with van der Waals surface area (Å²) in [5.74, 6) is -0.918. The van der Waals surface area contributed by atoms with Crippen LogP contribution in [0.2, 0.25) is 0 Å². The Hall–Kier alpha value is -1.75. The molecule has 0 aliphatic carbocycles. The van der Waals surface area contributed by atoms with Crippen molar-refractivity contribution in [3.05, 3.63) is 41.9 Å². The molecule has 0 radical (unpaired) electrons. The molecule has 0 atom stereocenters. The Morgan fingerprint density at radius 3 is 2.83 bits per heavy atom. The number of nitrogens with one attached hydrogen (secondary N) is 2. The summed E-state index contributed by atoms with van der Waals surface area (Å²) < 4.78 is 25.9. The van der Waals surface area contributed by atoms with Crippen molar-refractivity contribution in [3.63, 3.8) is 0 Å². The number of imidazole rings is 1. The fourth-order valence-electron chi connectivity index (χ4n) is 1.65. The van der Waals surface area contributed by atoms with Gasteiger partial charge in [-0.2, -0.15) is 0 Å². The van der Waals surface area contributed by atoms with Gasteiger partial charge in [0.15, 0.2) is 11.6 Å². The monoisotopic (exact) mass is 251 g/mol. The first kappa shape index (κ1) is 12.7. The first-order valence-corrected chi connectivity index (χ1v) is 5.90. The molecule has 0 spiro atoms. The van der Waals surface area contributed by atoms with E-state index < -0.39 is 11.6 Å². The van der Waals surface area contributed by atoms with Crippen molar-refractivity contribution in [3.8, 4) is 11.3 Å². The number of rotatable bonds is 5. The third-order valence-corrected chi connectivity index (χ3v) is 2.58. The highest BCUT2D eigenvalue weighted by atomic mass is 19.2. The molecule has 18 heavy (non-hydrogen) atoms. The van der Waals surface area contributed by atoms with E-state index in [-0.39, 0.29) is 0 Å². The molecular formula is C13H15F2N3. The number of hydrogen-bond donors (Lipinski definition) is 2. The van der Waals surface area contributed by atoms with Crippen LogP contribution in [0.4, 0.5) is 8.78 Å². The molecule has 0 amide bonds. The number of benzene rings is 1. The molecule has 0 aliphatic heterocycles. The number of aromatic amines is 1. The van der Waals surface area contributed by atoms with Gasteiger partial charge in [-0.05, 0) is 31.2 Å². The molecular weight excluding hydrogens is 236 g/mol. The van der Waals surface area contributed by atoms with Gasteiger partial charge >= 0.3 is 0 Å². The Labute approximate surface area is 104 Å². The average Bonchev–Trinajstić information content (AvgIpc) is 2.82. The molecule has 1 aromatic heterocycles. The van der Waals surface area contributed by atoms with E-state index in [1.54, 1.807) is 6.20 Å². The Bertz CT molecular complexity index is 523. The van der Waals surface area contributed by atoms with Gasteiger partial charge in [0.1, 0.15) is 5.82 Å². The van der Waals surface area contributed by atoms with Crippen LogP contribution in [0.5, 0.6) is 0 Å². The van der Waals surface area contributed by atoms with Crippen molar-refractivity contribution in [2.24, 2.45) is 0 Å². The topological polar surface area (TPSA) is 40.7 Å². The zero-order valence-corrected chi connectivity index (χ0v) is 10.1. The van der Waals surface area contributed by atoms with Crippen LogP contribution >= 0.6 is 0 Å². The third kappa shape index (κ3) is 2.92. The Balaban J connectivity index is 2.11. The minimum atomic E-state index is -0.854. The first-order valence-electron chi connectivity index (χ1n) is 5.90. The minimum absolute atomic E-state index is 0.586. The molecule has 96 valence electrons. The van der Waals surface area contributed by atoms with Crippen LogP contribution in [0.15, 0.2) is 24.4 Å². The van der Waals surface area contributed by atoms with Crippen molar-refractivity contribution < 1.29 is 8.78 Å². The molecule has 2 aromatic rings. The fourth-order valence-corrected chi connectivity index (χ4v) is 1.65. The lowest BCUT2D eigenvalue weighted by atomic mass is 10.1.